The standard InChI is InChI=1S/C9H12NO3P/c1-6-4-7(9(11)12)5-8(10-6)14(2,3)13/h4-5H,1-3H3,(H,11,12). The number of carboxylic acid groups (broad SMARTS) is 1. The van der Waals surface area contributed by atoms with E-state index in [0.29, 0.717) is 11.1 Å². The largest absolute Gasteiger partial charge is 0.478 e. The van der Waals surface area contributed by atoms with E-state index in [1.165, 1.54) is 12.1 Å². The van der Waals surface area contributed by atoms with E-state index in [4.69, 9.17) is 5.11 Å². The molecular formula is C9H12NO3P. The minimum atomic E-state index is -2.49. The lowest BCUT2D eigenvalue weighted by Crippen LogP contribution is -2.13. The van der Waals surface area contributed by atoms with Crippen LogP contribution in [-0.2, 0) is 4.57 Å². The number of carbonyl (C=O) groups is 1. The molecule has 1 N–H and O–H groups in total. The molecule has 0 saturated heterocycles. The molecule has 0 saturated carbocycles. The highest BCUT2D eigenvalue weighted by atomic mass is 31.2. The maximum Gasteiger partial charge on any atom is 0.335 e. The zero-order valence-electron chi connectivity index (χ0n) is 8.31. The van der Waals surface area contributed by atoms with Crippen LogP contribution in [0.25, 0.3) is 0 Å². The smallest absolute Gasteiger partial charge is 0.335 e. The molecule has 0 bridgehead atoms. The Hall–Kier alpha value is -1.15. The van der Waals surface area contributed by atoms with E-state index in [9.17, 15) is 9.36 Å². The van der Waals surface area contributed by atoms with E-state index < -0.39 is 13.1 Å². The van der Waals surface area contributed by atoms with Gasteiger partial charge in [0.15, 0.2) is 0 Å². The van der Waals surface area contributed by atoms with Crippen LogP contribution in [0.3, 0.4) is 0 Å². The number of aromatic carboxylic acids is 1. The molecule has 1 rings (SSSR count). The molecule has 0 amide bonds. The van der Waals surface area contributed by atoms with Gasteiger partial charge >= 0.3 is 5.97 Å². The predicted octanol–water partition coefficient (Wildman–Crippen LogP) is 1.34. The van der Waals surface area contributed by atoms with E-state index >= 15 is 0 Å². The molecule has 1 aromatic heterocycles. The summed E-state index contributed by atoms with van der Waals surface area (Å²) >= 11 is 0. The van der Waals surface area contributed by atoms with Crippen LogP contribution >= 0.6 is 7.14 Å². The summed E-state index contributed by atoms with van der Waals surface area (Å²) in [5, 5.41) is 8.78. The number of carboxylic acids is 1. The van der Waals surface area contributed by atoms with Gasteiger partial charge in [0.05, 0.1) is 5.56 Å². The molecule has 5 heteroatoms. The van der Waals surface area contributed by atoms with Crippen LogP contribution in [0.2, 0.25) is 0 Å². The maximum absolute atomic E-state index is 11.7. The van der Waals surface area contributed by atoms with Crippen LogP contribution in [0.4, 0.5) is 0 Å². The molecule has 0 aromatic carbocycles. The Morgan fingerprint density at radius 3 is 2.43 bits per heavy atom. The SMILES string of the molecule is Cc1cc(C(=O)O)cc(P(C)(C)=O)n1. The Morgan fingerprint density at radius 2 is 2.00 bits per heavy atom. The lowest BCUT2D eigenvalue weighted by molar-refractivity contribution is 0.0696. The Bertz CT molecular complexity index is 422. The normalized spacial score (nSPS) is 11.4. The van der Waals surface area contributed by atoms with Crippen LogP contribution in [0, 0.1) is 6.92 Å². The Balaban J connectivity index is 3.35. The number of hydrogen-bond acceptors (Lipinski definition) is 3. The highest BCUT2D eigenvalue weighted by molar-refractivity contribution is 7.69. The molecule has 0 aliphatic carbocycles. The number of aromatic nitrogens is 1. The summed E-state index contributed by atoms with van der Waals surface area (Å²) in [5.41, 5.74) is 1.08. The third kappa shape index (κ3) is 2.42. The molecule has 14 heavy (non-hydrogen) atoms. The van der Waals surface area contributed by atoms with Crippen molar-refractivity contribution in [2.45, 2.75) is 6.92 Å². The van der Waals surface area contributed by atoms with Crippen molar-refractivity contribution in [2.24, 2.45) is 0 Å². The summed E-state index contributed by atoms with van der Waals surface area (Å²) < 4.78 is 11.7. The second-order valence-corrected chi connectivity index (χ2v) is 6.67. The zero-order chi connectivity index (χ0) is 10.9. The molecule has 0 spiro atoms. The third-order valence-electron chi connectivity index (χ3n) is 1.74. The molecule has 1 aromatic rings. The third-order valence-corrected chi connectivity index (χ3v) is 3.07. The molecule has 0 radical (unpaired) electrons. The number of rotatable bonds is 2. The summed E-state index contributed by atoms with van der Waals surface area (Å²) in [6.45, 7) is 4.83. The minimum absolute atomic E-state index is 0.136. The molecule has 4 nitrogen and oxygen atoms in total. The van der Waals surface area contributed by atoms with E-state index in [1.807, 2.05) is 0 Å². The van der Waals surface area contributed by atoms with Crippen molar-refractivity contribution in [1.29, 1.82) is 0 Å². The first kappa shape index (κ1) is 10.9. The van der Waals surface area contributed by atoms with Gasteiger partial charge in [0.2, 0.25) is 0 Å². The fraction of sp³-hybridized carbons (Fsp3) is 0.333. The van der Waals surface area contributed by atoms with Crippen molar-refractivity contribution < 1.29 is 14.5 Å². The van der Waals surface area contributed by atoms with Crippen molar-refractivity contribution >= 4 is 18.5 Å². The van der Waals surface area contributed by atoms with Crippen molar-refractivity contribution in [3.8, 4) is 0 Å². The lowest BCUT2D eigenvalue weighted by Gasteiger charge is -2.07. The maximum atomic E-state index is 11.7. The van der Waals surface area contributed by atoms with Crippen molar-refractivity contribution in [3.05, 3.63) is 23.4 Å². The minimum Gasteiger partial charge on any atom is -0.478 e. The van der Waals surface area contributed by atoms with Gasteiger partial charge in [0.25, 0.3) is 0 Å². The monoisotopic (exact) mass is 213 g/mol. The van der Waals surface area contributed by atoms with Crippen LogP contribution in [0.1, 0.15) is 16.1 Å². The van der Waals surface area contributed by atoms with E-state index in [2.05, 4.69) is 4.98 Å². The van der Waals surface area contributed by atoms with Gasteiger partial charge in [-0.15, -0.1) is 0 Å². The molecule has 0 atom stereocenters. The first-order valence-electron chi connectivity index (χ1n) is 4.08. The highest BCUT2D eigenvalue weighted by Crippen LogP contribution is 2.33. The summed E-state index contributed by atoms with van der Waals surface area (Å²) in [4.78, 5) is 14.8. The van der Waals surface area contributed by atoms with Gasteiger partial charge in [-0.25, -0.2) is 4.79 Å². The molecule has 0 aliphatic rings. The summed E-state index contributed by atoms with van der Waals surface area (Å²) in [5.74, 6) is -1.02. The van der Waals surface area contributed by atoms with Crippen LogP contribution in [0.15, 0.2) is 12.1 Å². The average Bonchev–Trinajstić information content (AvgIpc) is 2.01. The number of aryl methyl sites for hydroxylation is 1. The summed E-state index contributed by atoms with van der Waals surface area (Å²) in [6, 6.07) is 2.83. The van der Waals surface area contributed by atoms with E-state index in [1.54, 1.807) is 20.3 Å². The molecule has 76 valence electrons. The average molecular weight is 213 g/mol. The fourth-order valence-electron chi connectivity index (χ4n) is 1.05. The van der Waals surface area contributed by atoms with Crippen molar-refractivity contribution in [1.82, 2.24) is 4.98 Å². The van der Waals surface area contributed by atoms with Gasteiger partial charge in [0.1, 0.15) is 12.6 Å². The number of nitrogens with zero attached hydrogens (tertiary/aromatic N) is 1. The van der Waals surface area contributed by atoms with Crippen molar-refractivity contribution in [2.75, 3.05) is 13.3 Å². The quantitative estimate of drug-likeness (QED) is 0.752. The van der Waals surface area contributed by atoms with Gasteiger partial charge in [0, 0.05) is 5.69 Å². The van der Waals surface area contributed by atoms with Crippen molar-refractivity contribution in [3.63, 3.8) is 0 Å². The first-order valence-corrected chi connectivity index (χ1v) is 6.68. The molecule has 0 fully saturated rings. The van der Waals surface area contributed by atoms with Gasteiger partial charge in [-0.3, -0.25) is 4.98 Å². The Morgan fingerprint density at radius 1 is 1.43 bits per heavy atom. The van der Waals surface area contributed by atoms with E-state index in [0.717, 1.165) is 0 Å². The zero-order valence-corrected chi connectivity index (χ0v) is 9.21. The lowest BCUT2D eigenvalue weighted by atomic mass is 10.2. The van der Waals surface area contributed by atoms with Crippen LogP contribution in [0.5, 0.6) is 0 Å². The molecule has 1 heterocycles. The van der Waals surface area contributed by atoms with Gasteiger partial charge in [-0.2, -0.15) is 0 Å². The van der Waals surface area contributed by atoms with Gasteiger partial charge < -0.3 is 9.67 Å². The van der Waals surface area contributed by atoms with Crippen LogP contribution in [-0.4, -0.2) is 29.4 Å². The predicted molar refractivity (Wildman–Crippen MR) is 55.0 cm³/mol. The topological polar surface area (TPSA) is 67.3 Å². The van der Waals surface area contributed by atoms with E-state index in [-0.39, 0.29) is 5.56 Å². The molecular weight excluding hydrogens is 201 g/mol. The second kappa shape index (κ2) is 3.54. The van der Waals surface area contributed by atoms with Gasteiger partial charge in [-0.05, 0) is 32.4 Å². The molecule has 0 unspecified atom stereocenters. The van der Waals surface area contributed by atoms with Crippen LogP contribution < -0.4 is 5.44 Å². The Labute approximate surface area is 82.4 Å². The summed E-state index contributed by atoms with van der Waals surface area (Å²) in [7, 11) is -2.49. The second-order valence-electron chi connectivity index (χ2n) is 3.51. The number of hydrogen-bond donors (Lipinski definition) is 1. The first-order chi connectivity index (χ1) is 6.30. The molecule has 0 aliphatic heterocycles. The highest BCUT2D eigenvalue weighted by Gasteiger charge is 2.16. The Kier molecular flexibility index (Phi) is 2.76. The van der Waals surface area contributed by atoms with Gasteiger partial charge in [-0.1, -0.05) is 0 Å². The fourth-order valence-corrected chi connectivity index (χ4v) is 1.90. The number of pyridine rings is 1. The summed E-state index contributed by atoms with van der Waals surface area (Å²) in [6.07, 6.45) is 0.